The maximum absolute atomic E-state index is 13.1. The minimum atomic E-state index is -0.696. The van der Waals surface area contributed by atoms with Crippen molar-refractivity contribution in [2.45, 2.75) is 19.9 Å². The summed E-state index contributed by atoms with van der Waals surface area (Å²) >= 11 is 0. The number of anilines is 2. The Morgan fingerprint density at radius 1 is 1.14 bits per heavy atom. The molecule has 0 radical (unpaired) electrons. The van der Waals surface area contributed by atoms with Gasteiger partial charge in [0.1, 0.15) is 12.6 Å². The standard InChI is InChI=1S/C22H22N4O3/c1-13(2)20-22(29)26(18-6-4-3-5-16(18)21(28)25-20)12-19(27)24-15-8-7-14-9-10-23-17(14)11-15/h3-11,13,20,23H,12H2,1-2H3,(H,24,27)(H,25,28)/t20-/m0/s1. The molecule has 148 valence electrons. The first kappa shape index (κ1) is 18.7. The van der Waals surface area contributed by atoms with Crippen LogP contribution in [-0.4, -0.2) is 35.3 Å². The van der Waals surface area contributed by atoms with E-state index in [1.165, 1.54) is 4.90 Å². The van der Waals surface area contributed by atoms with Crippen LogP contribution in [-0.2, 0) is 9.59 Å². The second-order valence-electron chi connectivity index (χ2n) is 7.46. The van der Waals surface area contributed by atoms with Crippen LogP contribution in [0.1, 0.15) is 24.2 Å². The van der Waals surface area contributed by atoms with Gasteiger partial charge in [0.05, 0.1) is 11.3 Å². The Bertz CT molecular complexity index is 1100. The van der Waals surface area contributed by atoms with Crippen molar-refractivity contribution in [3.63, 3.8) is 0 Å². The smallest absolute Gasteiger partial charge is 0.254 e. The number of nitrogens with zero attached hydrogens (tertiary/aromatic N) is 1. The number of rotatable bonds is 4. The molecule has 3 amide bonds. The van der Waals surface area contributed by atoms with E-state index >= 15 is 0 Å². The number of hydrogen-bond donors (Lipinski definition) is 3. The van der Waals surface area contributed by atoms with E-state index in [1.54, 1.807) is 24.3 Å². The lowest BCUT2D eigenvalue weighted by molar-refractivity contribution is -0.123. The number of benzene rings is 2. The summed E-state index contributed by atoms with van der Waals surface area (Å²) in [6.45, 7) is 3.54. The molecule has 0 spiro atoms. The molecule has 0 saturated carbocycles. The number of hydrogen-bond acceptors (Lipinski definition) is 3. The van der Waals surface area contributed by atoms with E-state index < -0.39 is 6.04 Å². The molecular formula is C22H22N4O3. The average molecular weight is 390 g/mol. The third kappa shape index (κ3) is 3.59. The van der Waals surface area contributed by atoms with Crippen LogP contribution >= 0.6 is 0 Å². The quantitative estimate of drug-likeness (QED) is 0.639. The van der Waals surface area contributed by atoms with E-state index in [-0.39, 0.29) is 30.2 Å². The first-order valence-corrected chi connectivity index (χ1v) is 9.52. The molecule has 3 N–H and O–H groups in total. The number of amides is 3. The van der Waals surface area contributed by atoms with Crippen LogP contribution in [0, 0.1) is 5.92 Å². The van der Waals surface area contributed by atoms with Gasteiger partial charge in [-0.05, 0) is 41.6 Å². The highest BCUT2D eigenvalue weighted by atomic mass is 16.2. The minimum absolute atomic E-state index is 0.110. The van der Waals surface area contributed by atoms with Crippen LogP contribution in [0.3, 0.4) is 0 Å². The lowest BCUT2D eigenvalue weighted by Gasteiger charge is -2.26. The molecule has 0 aliphatic carbocycles. The van der Waals surface area contributed by atoms with Crippen molar-refractivity contribution in [3.05, 3.63) is 60.3 Å². The maximum atomic E-state index is 13.1. The minimum Gasteiger partial charge on any atom is -0.361 e. The van der Waals surface area contributed by atoms with E-state index in [0.29, 0.717) is 16.9 Å². The van der Waals surface area contributed by atoms with Crippen LogP contribution < -0.4 is 15.5 Å². The van der Waals surface area contributed by atoms with E-state index in [2.05, 4.69) is 15.6 Å². The van der Waals surface area contributed by atoms with E-state index in [4.69, 9.17) is 0 Å². The molecule has 4 rings (SSSR count). The number of aromatic nitrogens is 1. The Morgan fingerprint density at radius 2 is 1.93 bits per heavy atom. The SMILES string of the molecule is CC(C)[C@@H]1NC(=O)c2ccccc2N(CC(=O)Nc2ccc3cc[nH]c3c2)C1=O. The van der Waals surface area contributed by atoms with Gasteiger partial charge >= 0.3 is 0 Å². The predicted molar refractivity (Wildman–Crippen MR) is 112 cm³/mol. The number of para-hydroxylation sites is 1. The van der Waals surface area contributed by atoms with Crippen LogP contribution in [0.25, 0.3) is 10.9 Å². The van der Waals surface area contributed by atoms with Crippen molar-refractivity contribution in [1.82, 2.24) is 10.3 Å². The Labute approximate surface area is 168 Å². The molecule has 0 saturated heterocycles. The van der Waals surface area contributed by atoms with Gasteiger partial charge in [-0.2, -0.15) is 0 Å². The summed E-state index contributed by atoms with van der Waals surface area (Å²) in [4.78, 5) is 43.0. The fraction of sp³-hybridized carbons (Fsp3) is 0.227. The number of H-pyrrole nitrogens is 1. The molecule has 1 atom stereocenters. The predicted octanol–water partition coefficient (Wildman–Crippen LogP) is 2.91. The van der Waals surface area contributed by atoms with E-state index in [0.717, 1.165) is 10.9 Å². The number of fused-ring (bicyclic) bond motifs is 2. The van der Waals surface area contributed by atoms with Crippen molar-refractivity contribution < 1.29 is 14.4 Å². The molecule has 0 bridgehead atoms. The summed E-state index contributed by atoms with van der Waals surface area (Å²) < 4.78 is 0. The summed E-state index contributed by atoms with van der Waals surface area (Å²) in [5.41, 5.74) is 2.36. The van der Waals surface area contributed by atoms with Crippen LogP contribution in [0.5, 0.6) is 0 Å². The highest BCUT2D eigenvalue weighted by Crippen LogP contribution is 2.26. The average Bonchev–Trinajstić information content (AvgIpc) is 3.13. The summed E-state index contributed by atoms with van der Waals surface area (Å²) in [5, 5.41) is 6.67. The molecule has 7 nitrogen and oxygen atoms in total. The van der Waals surface area contributed by atoms with Gasteiger partial charge in [-0.25, -0.2) is 0 Å². The van der Waals surface area contributed by atoms with Gasteiger partial charge in [0.15, 0.2) is 0 Å². The number of carbonyl (C=O) groups excluding carboxylic acids is 3. The number of aromatic amines is 1. The van der Waals surface area contributed by atoms with Crippen molar-refractivity contribution in [2.75, 3.05) is 16.8 Å². The maximum Gasteiger partial charge on any atom is 0.254 e. The summed E-state index contributed by atoms with van der Waals surface area (Å²) in [7, 11) is 0. The molecule has 1 aromatic heterocycles. The Hall–Kier alpha value is -3.61. The van der Waals surface area contributed by atoms with Crippen molar-refractivity contribution >= 4 is 40.0 Å². The second kappa shape index (κ2) is 7.43. The zero-order valence-electron chi connectivity index (χ0n) is 16.2. The van der Waals surface area contributed by atoms with E-state index in [1.807, 2.05) is 44.3 Å². The fourth-order valence-corrected chi connectivity index (χ4v) is 3.55. The monoisotopic (exact) mass is 390 g/mol. The third-order valence-corrected chi connectivity index (χ3v) is 5.07. The number of carbonyl (C=O) groups is 3. The largest absolute Gasteiger partial charge is 0.361 e. The second-order valence-corrected chi connectivity index (χ2v) is 7.46. The molecule has 1 aliphatic rings. The molecule has 29 heavy (non-hydrogen) atoms. The zero-order chi connectivity index (χ0) is 20.5. The van der Waals surface area contributed by atoms with Gasteiger partial charge in [-0.3, -0.25) is 14.4 Å². The topological polar surface area (TPSA) is 94.3 Å². The summed E-state index contributed by atoms with van der Waals surface area (Å²) in [6, 6.07) is 13.6. The normalized spacial score (nSPS) is 16.5. The van der Waals surface area contributed by atoms with Gasteiger partial charge in [-0.1, -0.05) is 32.0 Å². The lowest BCUT2D eigenvalue weighted by Crippen LogP contribution is -2.50. The van der Waals surface area contributed by atoms with Gasteiger partial charge in [0.2, 0.25) is 11.8 Å². The third-order valence-electron chi connectivity index (χ3n) is 5.07. The molecule has 2 heterocycles. The Kier molecular flexibility index (Phi) is 4.80. The molecule has 0 fully saturated rings. The fourth-order valence-electron chi connectivity index (χ4n) is 3.55. The van der Waals surface area contributed by atoms with Gasteiger partial charge in [0.25, 0.3) is 5.91 Å². The molecule has 3 aromatic rings. The van der Waals surface area contributed by atoms with Crippen molar-refractivity contribution in [3.8, 4) is 0 Å². The van der Waals surface area contributed by atoms with Gasteiger partial charge in [0, 0.05) is 17.4 Å². The van der Waals surface area contributed by atoms with Crippen LogP contribution in [0.15, 0.2) is 54.7 Å². The van der Waals surface area contributed by atoms with Crippen LogP contribution in [0.2, 0.25) is 0 Å². The van der Waals surface area contributed by atoms with Gasteiger partial charge < -0.3 is 20.5 Å². The Balaban J connectivity index is 1.61. The molecular weight excluding hydrogens is 368 g/mol. The first-order valence-electron chi connectivity index (χ1n) is 9.52. The summed E-state index contributed by atoms with van der Waals surface area (Å²) in [6.07, 6.45) is 1.83. The zero-order valence-corrected chi connectivity index (χ0v) is 16.2. The molecule has 0 unspecified atom stereocenters. The van der Waals surface area contributed by atoms with Crippen molar-refractivity contribution in [2.24, 2.45) is 5.92 Å². The highest BCUT2D eigenvalue weighted by molar-refractivity contribution is 6.13. The summed E-state index contributed by atoms with van der Waals surface area (Å²) in [5.74, 6) is -1.06. The first-order chi connectivity index (χ1) is 13.9. The highest BCUT2D eigenvalue weighted by Gasteiger charge is 2.36. The number of nitrogens with one attached hydrogen (secondary N) is 3. The molecule has 1 aliphatic heterocycles. The van der Waals surface area contributed by atoms with E-state index in [9.17, 15) is 14.4 Å². The van der Waals surface area contributed by atoms with Crippen molar-refractivity contribution in [1.29, 1.82) is 0 Å². The molecule has 7 heteroatoms. The lowest BCUT2D eigenvalue weighted by atomic mass is 10.0. The van der Waals surface area contributed by atoms with Gasteiger partial charge in [-0.15, -0.1) is 0 Å². The molecule has 2 aromatic carbocycles. The van der Waals surface area contributed by atoms with Crippen LogP contribution in [0.4, 0.5) is 11.4 Å². The Morgan fingerprint density at radius 3 is 2.72 bits per heavy atom.